The number of nitrogens with one attached hydrogen (secondary N) is 4. The molecule has 38 heavy (non-hydrogen) atoms. The number of methoxy groups -OCH3 is 1. The quantitative estimate of drug-likeness (QED) is 0.289. The summed E-state index contributed by atoms with van der Waals surface area (Å²) in [6.07, 6.45) is 3.59. The molecule has 15 heteroatoms. The Morgan fingerprint density at radius 1 is 1.21 bits per heavy atom. The van der Waals surface area contributed by atoms with Gasteiger partial charge in [0.1, 0.15) is 0 Å². The van der Waals surface area contributed by atoms with E-state index in [1.165, 1.54) is 13.2 Å². The fourth-order valence-corrected chi connectivity index (χ4v) is 4.90. The minimum atomic E-state index is -3.52. The van der Waals surface area contributed by atoms with Gasteiger partial charge in [-0.15, -0.1) is 10.2 Å². The van der Waals surface area contributed by atoms with Crippen molar-refractivity contribution in [3.05, 3.63) is 35.8 Å². The average molecular weight is 546 g/mol. The van der Waals surface area contributed by atoms with Crippen LogP contribution in [0.15, 0.2) is 28.8 Å². The van der Waals surface area contributed by atoms with Gasteiger partial charge in [0.2, 0.25) is 15.9 Å². The van der Waals surface area contributed by atoms with E-state index in [-0.39, 0.29) is 46.5 Å². The molecule has 2 aliphatic rings. The highest BCUT2D eigenvalue weighted by atomic mass is 32.2. The summed E-state index contributed by atoms with van der Waals surface area (Å²) >= 11 is 0. The molecule has 0 saturated heterocycles. The second-order valence-corrected chi connectivity index (χ2v) is 10.8. The molecule has 2 saturated carbocycles. The number of sulfonamides is 1. The normalized spacial score (nSPS) is 17.5. The van der Waals surface area contributed by atoms with E-state index in [0.717, 1.165) is 19.1 Å². The van der Waals surface area contributed by atoms with Crippen molar-refractivity contribution < 1.29 is 31.4 Å². The summed E-state index contributed by atoms with van der Waals surface area (Å²) in [6, 6.07) is 6.24. The molecule has 2 amide bonds. The molecule has 2 aliphatic carbocycles. The Kier molecular flexibility index (Phi) is 5.57. The number of nitrogens with zero attached hydrogens (tertiary/aromatic N) is 4. The van der Waals surface area contributed by atoms with Gasteiger partial charge in [0.15, 0.2) is 23.1 Å². The maximum absolute atomic E-state index is 12.8. The van der Waals surface area contributed by atoms with Crippen LogP contribution in [-0.4, -0.2) is 60.9 Å². The summed E-state index contributed by atoms with van der Waals surface area (Å²) < 4.78 is 59.3. The third kappa shape index (κ3) is 5.28. The van der Waals surface area contributed by atoms with Gasteiger partial charge in [-0.3, -0.25) is 9.59 Å². The summed E-state index contributed by atoms with van der Waals surface area (Å²) in [6.45, 7) is -2.78. The summed E-state index contributed by atoms with van der Waals surface area (Å²) in [7, 11) is -2.13. The van der Waals surface area contributed by atoms with Gasteiger partial charge in [0.25, 0.3) is 11.8 Å². The molecule has 0 atom stereocenters. The van der Waals surface area contributed by atoms with Crippen LogP contribution in [0.3, 0.4) is 0 Å². The molecule has 2 aromatic heterocycles. The lowest BCUT2D eigenvalue weighted by atomic mass is 10.1. The standard InChI is InChI=1S/C23H26N8O6S/c1-24-20(33)17-15(11-16(28-29-17)26-19(32)12-7-8-12)25-14-6-4-5-13(18(14)36-2)21-27-22(30-37-21)23(9-10-23)31-38(3,34)35/h4-6,11-12,31H,7-10H2,1-3H3,(H,24,33)(H2,25,26,28,32)/i1D3. The van der Waals surface area contributed by atoms with E-state index in [9.17, 15) is 18.0 Å². The van der Waals surface area contributed by atoms with Gasteiger partial charge in [-0.25, -0.2) is 13.1 Å². The van der Waals surface area contributed by atoms with Gasteiger partial charge in [0.05, 0.1) is 35.8 Å². The number of anilines is 3. The van der Waals surface area contributed by atoms with Crippen molar-refractivity contribution in [2.75, 3.05) is 31.0 Å². The van der Waals surface area contributed by atoms with Crippen molar-refractivity contribution in [2.45, 2.75) is 31.2 Å². The predicted molar refractivity (Wildman–Crippen MR) is 135 cm³/mol. The van der Waals surface area contributed by atoms with Crippen molar-refractivity contribution in [1.29, 1.82) is 0 Å². The molecular formula is C23H26N8O6S. The SMILES string of the molecule is [2H]C([2H])([2H])NC(=O)c1nnc(NC(=O)C2CC2)cc1Nc1cccc(-c2nc(C3(NS(C)(=O)=O)CC3)no2)c1OC. The van der Waals surface area contributed by atoms with Crippen LogP contribution in [0.2, 0.25) is 0 Å². The molecular weight excluding hydrogens is 516 g/mol. The summed E-state index contributed by atoms with van der Waals surface area (Å²) in [5.41, 5.74) is -0.600. The molecule has 2 heterocycles. The van der Waals surface area contributed by atoms with Crippen LogP contribution in [0, 0.1) is 5.92 Å². The van der Waals surface area contributed by atoms with Gasteiger partial charge in [-0.05, 0) is 37.8 Å². The predicted octanol–water partition coefficient (Wildman–Crippen LogP) is 1.53. The maximum Gasteiger partial charge on any atom is 0.273 e. The minimum Gasteiger partial charge on any atom is -0.494 e. The topological polar surface area (TPSA) is 190 Å². The Morgan fingerprint density at radius 2 is 2.00 bits per heavy atom. The van der Waals surface area contributed by atoms with Crippen molar-refractivity contribution in [3.63, 3.8) is 0 Å². The lowest BCUT2D eigenvalue weighted by molar-refractivity contribution is -0.117. The molecule has 0 spiro atoms. The van der Waals surface area contributed by atoms with Crippen LogP contribution in [0.4, 0.5) is 17.2 Å². The average Bonchev–Trinajstić information content (AvgIpc) is 3.80. The van der Waals surface area contributed by atoms with Crippen molar-refractivity contribution in [1.82, 2.24) is 30.4 Å². The lowest BCUT2D eigenvalue weighted by Gasteiger charge is -2.16. The first-order valence-electron chi connectivity index (χ1n) is 13.1. The maximum atomic E-state index is 12.8. The van der Waals surface area contributed by atoms with Gasteiger partial charge in [0, 0.05) is 23.1 Å². The summed E-state index contributed by atoms with van der Waals surface area (Å²) in [4.78, 5) is 29.4. The number of carbonyl (C=O) groups excluding carboxylic acids is 2. The fourth-order valence-electron chi connectivity index (χ4n) is 3.90. The molecule has 4 N–H and O–H groups in total. The van der Waals surface area contributed by atoms with Crippen LogP contribution in [-0.2, 0) is 20.4 Å². The van der Waals surface area contributed by atoms with Crippen LogP contribution < -0.4 is 25.4 Å². The number of benzene rings is 1. The van der Waals surface area contributed by atoms with E-state index in [2.05, 4.69) is 35.7 Å². The Hall–Kier alpha value is -4.11. The molecule has 14 nitrogen and oxygen atoms in total. The summed E-state index contributed by atoms with van der Waals surface area (Å²) in [5, 5.41) is 19.2. The van der Waals surface area contributed by atoms with E-state index in [1.54, 1.807) is 18.2 Å². The molecule has 0 aliphatic heterocycles. The molecule has 0 radical (unpaired) electrons. The second-order valence-electron chi connectivity index (χ2n) is 9.10. The van der Waals surface area contributed by atoms with Crippen molar-refractivity contribution in [2.24, 2.45) is 5.92 Å². The minimum absolute atomic E-state index is 0.0313. The number of carbonyl (C=O) groups is 2. The number of hydrogen-bond donors (Lipinski definition) is 4. The number of para-hydroxylation sites is 1. The highest BCUT2D eigenvalue weighted by Crippen LogP contribution is 2.46. The first kappa shape index (κ1) is 21.9. The van der Waals surface area contributed by atoms with Gasteiger partial charge in [-0.1, -0.05) is 11.2 Å². The summed E-state index contributed by atoms with van der Waals surface area (Å²) in [5.74, 6) is -0.889. The fraction of sp³-hybridized carbons (Fsp3) is 0.391. The molecule has 3 aromatic rings. The largest absolute Gasteiger partial charge is 0.494 e. The molecule has 200 valence electrons. The van der Waals surface area contributed by atoms with E-state index in [1.807, 2.05) is 5.32 Å². The Bertz CT molecular complexity index is 1620. The van der Waals surface area contributed by atoms with Crippen LogP contribution in [0.1, 0.15) is 46.1 Å². The third-order valence-corrected chi connectivity index (χ3v) is 6.79. The first-order valence-corrected chi connectivity index (χ1v) is 13.4. The Morgan fingerprint density at radius 3 is 2.66 bits per heavy atom. The number of hydrogen-bond acceptors (Lipinski definition) is 11. The zero-order chi connectivity index (χ0) is 29.6. The van der Waals surface area contributed by atoms with Crippen molar-refractivity contribution >= 4 is 39.0 Å². The van der Waals surface area contributed by atoms with Crippen LogP contribution in [0.5, 0.6) is 5.75 Å². The molecule has 0 unspecified atom stereocenters. The molecule has 0 bridgehead atoms. The van der Waals surface area contributed by atoms with E-state index in [0.29, 0.717) is 24.1 Å². The molecule has 5 rings (SSSR count). The lowest BCUT2D eigenvalue weighted by Crippen LogP contribution is -2.34. The number of amides is 2. The van der Waals surface area contributed by atoms with Crippen LogP contribution in [0.25, 0.3) is 11.5 Å². The van der Waals surface area contributed by atoms with E-state index >= 15 is 0 Å². The zero-order valence-corrected chi connectivity index (χ0v) is 21.2. The highest BCUT2D eigenvalue weighted by molar-refractivity contribution is 7.88. The van der Waals surface area contributed by atoms with Gasteiger partial charge >= 0.3 is 0 Å². The van der Waals surface area contributed by atoms with Gasteiger partial charge < -0.3 is 25.2 Å². The second kappa shape index (κ2) is 9.64. The smallest absolute Gasteiger partial charge is 0.273 e. The number of aromatic nitrogens is 4. The molecule has 2 fully saturated rings. The monoisotopic (exact) mass is 545 g/mol. The first-order chi connectivity index (χ1) is 19.3. The van der Waals surface area contributed by atoms with Gasteiger partial charge in [-0.2, -0.15) is 4.98 Å². The number of ether oxygens (including phenoxy) is 1. The Labute approximate surface area is 222 Å². The van der Waals surface area contributed by atoms with Crippen molar-refractivity contribution in [3.8, 4) is 17.2 Å². The number of rotatable bonds is 10. The zero-order valence-electron chi connectivity index (χ0n) is 23.4. The Balaban J connectivity index is 1.48. The highest BCUT2D eigenvalue weighted by Gasteiger charge is 2.50. The van der Waals surface area contributed by atoms with E-state index in [4.69, 9.17) is 13.4 Å². The van der Waals surface area contributed by atoms with E-state index < -0.39 is 28.4 Å². The molecule has 1 aromatic carbocycles. The third-order valence-electron chi connectivity index (χ3n) is 6.03. The van der Waals surface area contributed by atoms with Crippen LogP contribution >= 0.6 is 0 Å².